The SMILES string of the molecule is CCc1cnc(-c2ccc(Cl)c(C)c2)[nH]1. The molecule has 0 aliphatic carbocycles. The molecule has 0 bridgehead atoms. The molecule has 0 spiro atoms. The summed E-state index contributed by atoms with van der Waals surface area (Å²) in [6.07, 6.45) is 2.85. The number of aromatic nitrogens is 2. The van der Waals surface area contributed by atoms with Gasteiger partial charge in [-0.15, -0.1) is 0 Å². The Hall–Kier alpha value is -1.28. The average Bonchev–Trinajstić information content (AvgIpc) is 2.70. The minimum absolute atomic E-state index is 0.793. The summed E-state index contributed by atoms with van der Waals surface area (Å²) in [7, 11) is 0. The Morgan fingerprint density at radius 3 is 2.80 bits per heavy atom. The lowest BCUT2D eigenvalue weighted by Crippen LogP contribution is -1.84. The first kappa shape index (κ1) is 10.2. The Bertz CT molecular complexity index is 474. The molecule has 2 rings (SSSR count). The molecule has 3 heteroatoms. The van der Waals surface area contributed by atoms with Crippen LogP contribution in [0.25, 0.3) is 11.4 Å². The number of hydrogen-bond donors (Lipinski definition) is 1. The van der Waals surface area contributed by atoms with E-state index in [4.69, 9.17) is 11.6 Å². The maximum absolute atomic E-state index is 5.97. The molecule has 0 fully saturated rings. The smallest absolute Gasteiger partial charge is 0.137 e. The normalized spacial score (nSPS) is 10.6. The van der Waals surface area contributed by atoms with Gasteiger partial charge in [0.15, 0.2) is 0 Å². The fourth-order valence-corrected chi connectivity index (χ4v) is 1.60. The topological polar surface area (TPSA) is 28.7 Å². The maximum atomic E-state index is 5.97. The van der Waals surface area contributed by atoms with E-state index in [-0.39, 0.29) is 0 Å². The summed E-state index contributed by atoms with van der Waals surface area (Å²) in [6.45, 7) is 4.10. The molecule has 0 atom stereocenters. The van der Waals surface area contributed by atoms with Gasteiger partial charge in [-0.2, -0.15) is 0 Å². The van der Waals surface area contributed by atoms with Crippen LogP contribution in [0.15, 0.2) is 24.4 Å². The second kappa shape index (κ2) is 4.07. The number of aryl methyl sites for hydroxylation is 2. The molecule has 0 saturated carbocycles. The van der Waals surface area contributed by atoms with Gasteiger partial charge >= 0.3 is 0 Å². The Balaban J connectivity index is 2.40. The molecule has 0 radical (unpaired) electrons. The van der Waals surface area contributed by atoms with Crippen molar-refractivity contribution >= 4 is 11.6 Å². The van der Waals surface area contributed by atoms with Gasteiger partial charge in [0, 0.05) is 22.5 Å². The number of nitrogens with one attached hydrogen (secondary N) is 1. The monoisotopic (exact) mass is 220 g/mol. The molecule has 2 nitrogen and oxygen atoms in total. The minimum atomic E-state index is 0.793. The molecule has 0 unspecified atom stereocenters. The molecule has 0 aliphatic rings. The van der Waals surface area contributed by atoms with Crippen LogP contribution in [0.5, 0.6) is 0 Å². The van der Waals surface area contributed by atoms with Gasteiger partial charge in [0.25, 0.3) is 0 Å². The van der Waals surface area contributed by atoms with Crippen molar-refractivity contribution in [2.45, 2.75) is 20.3 Å². The van der Waals surface area contributed by atoms with E-state index >= 15 is 0 Å². The molecule has 1 N–H and O–H groups in total. The first-order chi connectivity index (χ1) is 7.20. The summed E-state index contributed by atoms with van der Waals surface area (Å²) in [5, 5.41) is 0.793. The van der Waals surface area contributed by atoms with Crippen LogP contribution < -0.4 is 0 Å². The zero-order chi connectivity index (χ0) is 10.8. The van der Waals surface area contributed by atoms with Crippen LogP contribution in [0.1, 0.15) is 18.2 Å². The highest BCUT2D eigenvalue weighted by molar-refractivity contribution is 6.31. The third-order valence-corrected chi connectivity index (χ3v) is 2.86. The van der Waals surface area contributed by atoms with Crippen molar-refractivity contribution < 1.29 is 0 Å². The van der Waals surface area contributed by atoms with Gasteiger partial charge in [-0.25, -0.2) is 4.98 Å². The minimum Gasteiger partial charge on any atom is -0.342 e. The zero-order valence-electron chi connectivity index (χ0n) is 8.84. The number of nitrogens with zero attached hydrogens (tertiary/aromatic N) is 1. The second-order valence-electron chi connectivity index (χ2n) is 3.57. The lowest BCUT2D eigenvalue weighted by atomic mass is 10.1. The van der Waals surface area contributed by atoms with Crippen molar-refractivity contribution in [2.24, 2.45) is 0 Å². The number of hydrogen-bond acceptors (Lipinski definition) is 1. The highest BCUT2D eigenvalue weighted by Gasteiger charge is 2.04. The van der Waals surface area contributed by atoms with Gasteiger partial charge in [-0.3, -0.25) is 0 Å². The fraction of sp³-hybridized carbons (Fsp3) is 0.250. The third-order valence-electron chi connectivity index (χ3n) is 2.44. The van der Waals surface area contributed by atoms with E-state index in [1.54, 1.807) is 0 Å². The van der Waals surface area contributed by atoms with Crippen LogP contribution in [0.3, 0.4) is 0 Å². The highest BCUT2D eigenvalue weighted by atomic mass is 35.5. The van der Waals surface area contributed by atoms with Gasteiger partial charge in [-0.05, 0) is 37.1 Å². The van der Waals surface area contributed by atoms with Gasteiger partial charge in [0.1, 0.15) is 5.82 Å². The molecule has 2 aromatic rings. The Morgan fingerprint density at radius 2 is 2.20 bits per heavy atom. The molecular weight excluding hydrogens is 208 g/mol. The van der Waals surface area contributed by atoms with Crippen LogP contribution in [-0.2, 0) is 6.42 Å². The zero-order valence-corrected chi connectivity index (χ0v) is 9.60. The number of rotatable bonds is 2. The number of imidazole rings is 1. The molecule has 1 heterocycles. The third kappa shape index (κ3) is 2.05. The van der Waals surface area contributed by atoms with Crippen molar-refractivity contribution in [1.29, 1.82) is 0 Å². The van der Waals surface area contributed by atoms with Gasteiger partial charge in [0.05, 0.1) is 0 Å². The molecule has 0 saturated heterocycles. The summed E-state index contributed by atoms with van der Waals surface area (Å²) in [6, 6.07) is 5.93. The highest BCUT2D eigenvalue weighted by Crippen LogP contribution is 2.22. The van der Waals surface area contributed by atoms with E-state index in [2.05, 4.69) is 16.9 Å². The average molecular weight is 221 g/mol. The molecule has 78 valence electrons. The largest absolute Gasteiger partial charge is 0.342 e. The Kier molecular flexibility index (Phi) is 2.78. The van der Waals surface area contributed by atoms with E-state index in [1.807, 2.05) is 31.3 Å². The van der Waals surface area contributed by atoms with Crippen LogP contribution in [0.4, 0.5) is 0 Å². The first-order valence-electron chi connectivity index (χ1n) is 5.01. The summed E-state index contributed by atoms with van der Waals surface area (Å²) >= 11 is 5.97. The number of aromatic amines is 1. The molecule has 15 heavy (non-hydrogen) atoms. The van der Waals surface area contributed by atoms with E-state index in [9.17, 15) is 0 Å². The summed E-state index contributed by atoms with van der Waals surface area (Å²) < 4.78 is 0. The Labute approximate surface area is 94.3 Å². The predicted molar refractivity (Wildman–Crippen MR) is 63.1 cm³/mol. The molecule has 0 amide bonds. The molecule has 1 aromatic heterocycles. The van der Waals surface area contributed by atoms with E-state index in [0.29, 0.717) is 0 Å². The fourth-order valence-electron chi connectivity index (χ4n) is 1.48. The number of H-pyrrole nitrogens is 1. The van der Waals surface area contributed by atoms with E-state index < -0.39 is 0 Å². The van der Waals surface area contributed by atoms with Crippen LogP contribution >= 0.6 is 11.6 Å². The van der Waals surface area contributed by atoms with E-state index in [0.717, 1.165) is 34.1 Å². The Morgan fingerprint density at radius 1 is 1.40 bits per heavy atom. The van der Waals surface area contributed by atoms with Crippen molar-refractivity contribution in [3.8, 4) is 11.4 Å². The van der Waals surface area contributed by atoms with Gasteiger partial charge in [0.2, 0.25) is 0 Å². The van der Waals surface area contributed by atoms with Crippen LogP contribution in [0, 0.1) is 6.92 Å². The number of halogens is 1. The van der Waals surface area contributed by atoms with Crippen LogP contribution in [0.2, 0.25) is 5.02 Å². The quantitative estimate of drug-likeness (QED) is 0.823. The molecular formula is C12H13ClN2. The number of benzene rings is 1. The molecule has 0 aliphatic heterocycles. The standard InChI is InChI=1S/C12H13ClN2/c1-3-10-7-14-12(15-10)9-4-5-11(13)8(2)6-9/h4-7H,3H2,1-2H3,(H,14,15). The van der Waals surface area contributed by atoms with Crippen molar-refractivity contribution in [3.05, 3.63) is 40.7 Å². The van der Waals surface area contributed by atoms with Crippen LogP contribution in [-0.4, -0.2) is 9.97 Å². The summed E-state index contributed by atoms with van der Waals surface area (Å²) in [5.74, 6) is 0.909. The van der Waals surface area contributed by atoms with Gasteiger partial charge in [-0.1, -0.05) is 18.5 Å². The lowest BCUT2D eigenvalue weighted by molar-refractivity contribution is 1.07. The lowest BCUT2D eigenvalue weighted by Gasteiger charge is -2.00. The summed E-state index contributed by atoms with van der Waals surface area (Å²) in [4.78, 5) is 7.60. The maximum Gasteiger partial charge on any atom is 0.137 e. The summed E-state index contributed by atoms with van der Waals surface area (Å²) in [5.41, 5.74) is 3.30. The van der Waals surface area contributed by atoms with E-state index in [1.165, 1.54) is 0 Å². The van der Waals surface area contributed by atoms with Crippen molar-refractivity contribution in [3.63, 3.8) is 0 Å². The molecule has 1 aromatic carbocycles. The van der Waals surface area contributed by atoms with Crippen molar-refractivity contribution in [2.75, 3.05) is 0 Å². The van der Waals surface area contributed by atoms with Gasteiger partial charge < -0.3 is 4.98 Å². The van der Waals surface area contributed by atoms with Crippen molar-refractivity contribution in [1.82, 2.24) is 9.97 Å². The predicted octanol–water partition coefficient (Wildman–Crippen LogP) is 3.60. The second-order valence-corrected chi connectivity index (χ2v) is 3.98. The first-order valence-corrected chi connectivity index (χ1v) is 5.39.